The van der Waals surface area contributed by atoms with Crippen LogP contribution in [0.25, 0.3) is 0 Å². The van der Waals surface area contributed by atoms with Crippen molar-refractivity contribution in [3.8, 4) is 0 Å². The molecule has 0 bridgehead atoms. The van der Waals surface area contributed by atoms with Crippen molar-refractivity contribution >= 4 is 23.7 Å². The molecule has 0 rings (SSSR count). The first-order chi connectivity index (χ1) is 5.95. The minimum atomic E-state index is -1.04. The van der Waals surface area contributed by atoms with Crippen LogP contribution in [-0.4, -0.2) is 28.3 Å². The third-order valence-electron chi connectivity index (χ3n) is 1.66. The van der Waals surface area contributed by atoms with Crippen LogP contribution in [0, 0.1) is 0 Å². The predicted octanol–water partition coefficient (Wildman–Crippen LogP) is -0.648. The maximum Gasteiger partial charge on any atom is 0.320 e. The fourth-order valence-corrected chi connectivity index (χ4v) is 0.934. The van der Waals surface area contributed by atoms with Crippen LogP contribution in [0.2, 0.25) is 0 Å². The number of hydrogen-bond donors (Lipinski definition) is 4. The molecule has 76 valence electrons. The molecule has 0 heterocycles. The van der Waals surface area contributed by atoms with E-state index in [1.54, 1.807) is 0 Å². The molecule has 0 amide bonds. The highest BCUT2D eigenvalue weighted by Gasteiger charge is 2.13. The lowest BCUT2D eigenvalue weighted by atomic mass is 10.1. The first-order valence-electron chi connectivity index (χ1n) is 3.92. The van der Waals surface area contributed by atoms with E-state index in [0.717, 1.165) is 0 Å². The smallest absolute Gasteiger partial charge is 0.320 e. The zero-order chi connectivity index (χ0) is 10.4. The Labute approximate surface area is 81.9 Å². The molecule has 0 aliphatic rings. The molecule has 2 atom stereocenters. The summed E-state index contributed by atoms with van der Waals surface area (Å²) in [5, 5.41) is 8.03. The number of nitrogens with two attached hydrogens (primary N) is 2. The molecule has 2 unspecified atom stereocenters. The van der Waals surface area contributed by atoms with Crippen LogP contribution in [0.3, 0.4) is 0 Å². The minimum absolute atomic E-state index is 0.324. The predicted molar refractivity (Wildman–Crippen MR) is 51.4 cm³/mol. The van der Waals surface area contributed by atoms with Crippen LogP contribution in [0.5, 0.6) is 0 Å². The van der Waals surface area contributed by atoms with E-state index in [1.807, 2.05) is 0 Å². The number of hydrogen-bond acceptors (Lipinski definition) is 4. The van der Waals surface area contributed by atoms with E-state index in [-0.39, 0.29) is 5.12 Å². The molecule has 0 aliphatic carbocycles. The summed E-state index contributed by atoms with van der Waals surface area (Å²) >= 11 is 3.55. The van der Waals surface area contributed by atoms with E-state index >= 15 is 0 Å². The van der Waals surface area contributed by atoms with Gasteiger partial charge in [0, 0.05) is 0 Å². The third-order valence-corrected chi connectivity index (χ3v) is 2.00. The van der Waals surface area contributed by atoms with Crippen LogP contribution in [0.4, 0.5) is 0 Å². The zero-order valence-corrected chi connectivity index (χ0v) is 8.04. The molecule has 5 N–H and O–H groups in total. The Hall–Kier alpha value is -0.590. The average Bonchev–Trinajstić information content (AvgIpc) is 2.03. The Kier molecular flexibility index (Phi) is 5.68. The van der Waals surface area contributed by atoms with Crippen molar-refractivity contribution in [3.63, 3.8) is 0 Å². The summed E-state index contributed by atoms with van der Waals surface area (Å²) in [6, 6.07) is -1.49. The Morgan fingerprint density at radius 2 is 1.69 bits per heavy atom. The van der Waals surface area contributed by atoms with Gasteiger partial charge in [-0.2, -0.15) is 0 Å². The molecule has 13 heavy (non-hydrogen) atoms. The van der Waals surface area contributed by atoms with Gasteiger partial charge in [-0.25, -0.2) is 0 Å². The Morgan fingerprint density at radius 1 is 1.23 bits per heavy atom. The van der Waals surface area contributed by atoms with E-state index in [4.69, 9.17) is 16.6 Å². The summed E-state index contributed by atoms with van der Waals surface area (Å²) in [5.74, 6) is -1.04. The fraction of sp³-hybridized carbons (Fsp3) is 0.714. The molecular formula is C7H14N2O3S. The van der Waals surface area contributed by atoms with Gasteiger partial charge in [0.1, 0.15) is 6.04 Å². The second-order valence-electron chi connectivity index (χ2n) is 2.82. The molecule has 0 saturated carbocycles. The van der Waals surface area contributed by atoms with E-state index in [9.17, 15) is 9.59 Å². The van der Waals surface area contributed by atoms with Gasteiger partial charge < -0.3 is 16.6 Å². The van der Waals surface area contributed by atoms with Crippen LogP contribution >= 0.6 is 12.6 Å². The Bertz CT molecular complexity index is 178. The topological polar surface area (TPSA) is 106 Å². The summed E-state index contributed by atoms with van der Waals surface area (Å²) in [6.07, 6.45) is 1.26. The van der Waals surface area contributed by atoms with Gasteiger partial charge in [-0.15, -0.1) is 12.6 Å². The van der Waals surface area contributed by atoms with E-state index in [2.05, 4.69) is 12.6 Å². The first-order valence-corrected chi connectivity index (χ1v) is 4.36. The molecule has 0 aromatic carbocycles. The second-order valence-corrected chi connectivity index (χ2v) is 3.26. The van der Waals surface area contributed by atoms with Gasteiger partial charge in [0.2, 0.25) is 5.12 Å². The summed E-state index contributed by atoms with van der Waals surface area (Å²) in [5.41, 5.74) is 10.6. The van der Waals surface area contributed by atoms with Crippen molar-refractivity contribution in [2.24, 2.45) is 11.5 Å². The highest BCUT2D eigenvalue weighted by Crippen LogP contribution is 2.03. The number of rotatable bonds is 6. The van der Waals surface area contributed by atoms with Gasteiger partial charge in [0.05, 0.1) is 6.04 Å². The molecule has 5 nitrogen and oxygen atoms in total. The number of aliphatic carboxylic acids is 1. The normalized spacial score (nSPS) is 15.0. The van der Waals surface area contributed by atoms with Gasteiger partial charge in [-0.05, 0) is 19.3 Å². The van der Waals surface area contributed by atoms with Crippen molar-refractivity contribution in [1.29, 1.82) is 0 Å². The van der Waals surface area contributed by atoms with Crippen LogP contribution in [0.1, 0.15) is 19.3 Å². The number of carboxylic acid groups (broad SMARTS) is 1. The second kappa shape index (κ2) is 5.95. The standard InChI is InChI=1S/C7H14N2O3S/c8-4(6(10)11)2-1-3-5(9)7(12)13/h4-5H,1-3,8-9H2,(H,10,11)(H,12,13). The Balaban J connectivity index is 3.56. The largest absolute Gasteiger partial charge is 0.480 e. The van der Waals surface area contributed by atoms with Gasteiger partial charge in [-0.1, -0.05) is 0 Å². The van der Waals surface area contributed by atoms with Gasteiger partial charge in [-0.3, -0.25) is 9.59 Å². The number of carboxylic acids is 1. The Morgan fingerprint density at radius 3 is 2.08 bits per heavy atom. The number of carbonyl (C=O) groups is 2. The van der Waals surface area contributed by atoms with Crippen molar-refractivity contribution in [1.82, 2.24) is 0 Å². The summed E-state index contributed by atoms with van der Waals surface area (Å²) < 4.78 is 0. The summed E-state index contributed by atoms with van der Waals surface area (Å²) in [4.78, 5) is 20.8. The highest BCUT2D eigenvalue weighted by atomic mass is 32.1. The molecule has 0 aliphatic heterocycles. The summed E-state index contributed by atoms with van der Waals surface area (Å²) in [7, 11) is 0. The molecule has 6 heteroatoms. The summed E-state index contributed by atoms with van der Waals surface area (Å²) in [6.45, 7) is 0. The minimum Gasteiger partial charge on any atom is -0.480 e. The maximum atomic E-state index is 10.5. The maximum absolute atomic E-state index is 10.5. The molecular weight excluding hydrogens is 192 g/mol. The lowest BCUT2D eigenvalue weighted by Crippen LogP contribution is -2.31. The average molecular weight is 206 g/mol. The lowest BCUT2D eigenvalue weighted by molar-refractivity contribution is -0.138. The monoisotopic (exact) mass is 206 g/mol. The molecule has 0 fully saturated rings. The molecule has 0 aromatic heterocycles. The van der Waals surface area contributed by atoms with Gasteiger partial charge in [0.15, 0.2) is 0 Å². The van der Waals surface area contributed by atoms with Crippen molar-refractivity contribution in [3.05, 3.63) is 0 Å². The molecule has 0 saturated heterocycles. The van der Waals surface area contributed by atoms with Crippen molar-refractivity contribution in [2.45, 2.75) is 31.3 Å². The molecule has 0 spiro atoms. The highest BCUT2D eigenvalue weighted by molar-refractivity contribution is 7.96. The van der Waals surface area contributed by atoms with Crippen LogP contribution in [0.15, 0.2) is 0 Å². The van der Waals surface area contributed by atoms with Crippen molar-refractivity contribution in [2.75, 3.05) is 0 Å². The van der Waals surface area contributed by atoms with Crippen LogP contribution in [-0.2, 0) is 9.59 Å². The van der Waals surface area contributed by atoms with E-state index in [1.165, 1.54) is 0 Å². The van der Waals surface area contributed by atoms with Crippen molar-refractivity contribution < 1.29 is 14.7 Å². The molecule has 0 aromatic rings. The first kappa shape index (κ1) is 12.4. The fourth-order valence-electron chi connectivity index (χ4n) is 0.805. The number of carbonyl (C=O) groups excluding carboxylic acids is 1. The van der Waals surface area contributed by atoms with E-state index in [0.29, 0.717) is 19.3 Å². The molecule has 0 radical (unpaired) electrons. The quantitative estimate of drug-likeness (QED) is 0.432. The number of thiol groups is 1. The van der Waals surface area contributed by atoms with Gasteiger partial charge >= 0.3 is 5.97 Å². The van der Waals surface area contributed by atoms with E-state index < -0.39 is 18.1 Å². The SMILES string of the molecule is NC(CCCC(N)C(=O)S)C(=O)O. The lowest BCUT2D eigenvalue weighted by Gasteiger charge is -2.08. The zero-order valence-electron chi connectivity index (χ0n) is 7.14. The van der Waals surface area contributed by atoms with Gasteiger partial charge in [0.25, 0.3) is 0 Å². The van der Waals surface area contributed by atoms with Crippen LogP contribution < -0.4 is 11.5 Å². The third kappa shape index (κ3) is 5.62.